The number of rotatable bonds is 3. The first-order valence-electron chi connectivity index (χ1n) is 5.47. The minimum absolute atomic E-state index is 0.904. The Kier molecular flexibility index (Phi) is 5.20. The summed E-state index contributed by atoms with van der Waals surface area (Å²) in [6.45, 7) is 6.07. The van der Waals surface area contributed by atoms with E-state index in [1.807, 2.05) is 37.4 Å². The third-order valence-electron chi connectivity index (χ3n) is 1.92. The van der Waals surface area contributed by atoms with Crippen LogP contribution in [0.2, 0.25) is 0 Å². The lowest BCUT2D eigenvalue weighted by molar-refractivity contribution is 1.38. The molecule has 0 bridgehead atoms. The highest BCUT2D eigenvalue weighted by molar-refractivity contribution is 6.50. The third kappa shape index (κ3) is 4.22. The topological polar surface area (TPSA) is 24.7 Å². The summed E-state index contributed by atoms with van der Waals surface area (Å²) in [7, 11) is 0. The standard InChI is InChI=1S/C14H18N2/c1-4-9-15-14(11-12(2)3)13-8-6-5-7-10-16-13/h4,6-11H,5H2,1-3H3. The molecule has 0 saturated carbocycles. The molecule has 0 amide bonds. The van der Waals surface area contributed by atoms with Crippen LogP contribution < -0.4 is 0 Å². The van der Waals surface area contributed by atoms with Gasteiger partial charge in [0.2, 0.25) is 0 Å². The lowest BCUT2D eigenvalue weighted by Gasteiger charge is -2.00. The minimum Gasteiger partial charge on any atom is -0.255 e. The Bertz CT molecular complexity index is 400. The SMILES string of the molecule is CC=CN=C(C=C(C)C)C1=NC=CCC=C1. The predicted molar refractivity (Wildman–Crippen MR) is 72.0 cm³/mol. The fourth-order valence-corrected chi connectivity index (χ4v) is 1.25. The third-order valence-corrected chi connectivity index (χ3v) is 1.92. The van der Waals surface area contributed by atoms with Crippen molar-refractivity contribution in [1.29, 1.82) is 0 Å². The molecule has 0 atom stereocenters. The van der Waals surface area contributed by atoms with E-state index in [0.717, 1.165) is 17.8 Å². The van der Waals surface area contributed by atoms with E-state index in [1.54, 1.807) is 6.20 Å². The molecular weight excluding hydrogens is 196 g/mol. The Hall–Kier alpha value is -1.70. The van der Waals surface area contributed by atoms with Crippen molar-refractivity contribution in [3.05, 3.63) is 48.4 Å². The number of hydrogen-bond donors (Lipinski definition) is 0. The molecule has 0 aromatic rings. The molecule has 1 heterocycles. The van der Waals surface area contributed by atoms with Crippen LogP contribution in [-0.4, -0.2) is 11.4 Å². The number of hydrogen-bond acceptors (Lipinski definition) is 2. The number of aliphatic imine (C=N–C) groups is 2. The van der Waals surface area contributed by atoms with Crippen LogP contribution in [0, 0.1) is 0 Å². The van der Waals surface area contributed by atoms with Gasteiger partial charge in [0.05, 0.1) is 11.4 Å². The monoisotopic (exact) mass is 214 g/mol. The lowest BCUT2D eigenvalue weighted by Crippen LogP contribution is -2.08. The van der Waals surface area contributed by atoms with Gasteiger partial charge in [-0.05, 0) is 39.3 Å². The molecule has 0 aromatic heterocycles. The van der Waals surface area contributed by atoms with Crippen LogP contribution in [0.25, 0.3) is 0 Å². The van der Waals surface area contributed by atoms with E-state index in [4.69, 9.17) is 0 Å². The molecule has 0 N–H and O–H groups in total. The van der Waals surface area contributed by atoms with Crippen LogP contribution in [-0.2, 0) is 0 Å². The second-order valence-corrected chi connectivity index (χ2v) is 3.76. The molecule has 0 fully saturated rings. The zero-order valence-corrected chi connectivity index (χ0v) is 10.1. The van der Waals surface area contributed by atoms with Gasteiger partial charge in [-0.1, -0.05) is 23.8 Å². The maximum atomic E-state index is 4.39. The van der Waals surface area contributed by atoms with E-state index in [0.29, 0.717) is 0 Å². The fourth-order valence-electron chi connectivity index (χ4n) is 1.25. The van der Waals surface area contributed by atoms with Gasteiger partial charge in [-0.15, -0.1) is 0 Å². The van der Waals surface area contributed by atoms with E-state index >= 15 is 0 Å². The van der Waals surface area contributed by atoms with Gasteiger partial charge >= 0.3 is 0 Å². The molecule has 1 aliphatic heterocycles. The fraction of sp³-hybridized carbons (Fsp3) is 0.286. The van der Waals surface area contributed by atoms with Crippen molar-refractivity contribution in [2.75, 3.05) is 0 Å². The maximum absolute atomic E-state index is 4.39. The van der Waals surface area contributed by atoms with E-state index < -0.39 is 0 Å². The van der Waals surface area contributed by atoms with Crippen molar-refractivity contribution in [2.24, 2.45) is 9.98 Å². The average Bonchev–Trinajstić information content (AvgIpc) is 2.52. The van der Waals surface area contributed by atoms with Crippen molar-refractivity contribution in [3.63, 3.8) is 0 Å². The molecule has 84 valence electrons. The zero-order valence-electron chi connectivity index (χ0n) is 10.1. The number of allylic oxidation sites excluding steroid dienone is 6. The summed E-state index contributed by atoms with van der Waals surface area (Å²) in [6.07, 6.45) is 14.6. The molecule has 0 spiro atoms. The van der Waals surface area contributed by atoms with Crippen LogP contribution in [0.3, 0.4) is 0 Å². The van der Waals surface area contributed by atoms with Crippen LogP contribution in [0.1, 0.15) is 27.2 Å². The van der Waals surface area contributed by atoms with Crippen molar-refractivity contribution in [1.82, 2.24) is 0 Å². The second kappa shape index (κ2) is 6.72. The van der Waals surface area contributed by atoms with Gasteiger partial charge in [-0.2, -0.15) is 0 Å². The van der Waals surface area contributed by atoms with Crippen molar-refractivity contribution in [2.45, 2.75) is 27.2 Å². The highest BCUT2D eigenvalue weighted by Crippen LogP contribution is 2.02. The van der Waals surface area contributed by atoms with Crippen LogP contribution in [0.4, 0.5) is 0 Å². The van der Waals surface area contributed by atoms with Crippen LogP contribution in [0.5, 0.6) is 0 Å². The molecule has 0 aliphatic carbocycles. The van der Waals surface area contributed by atoms with Gasteiger partial charge in [0.25, 0.3) is 0 Å². The molecule has 0 saturated heterocycles. The molecule has 2 nitrogen and oxygen atoms in total. The van der Waals surface area contributed by atoms with Gasteiger partial charge in [0.15, 0.2) is 0 Å². The maximum Gasteiger partial charge on any atom is 0.0885 e. The van der Waals surface area contributed by atoms with Crippen molar-refractivity contribution in [3.8, 4) is 0 Å². The quantitative estimate of drug-likeness (QED) is 0.638. The van der Waals surface area contributed by atoms with E-state index in [9.17, 15) is 0 Å². The normalized spacial score (nSPS) is 16.2. The second-order valence-electron chi connectivity index (χ2n) is 3.76. The largest absolute Gasteiger partial charge is 0.255 e. The first-order chi connectivity index (χ1) is 7.74. The summed E-state index contributed by atoms with van der Waals surface area (Å²) >= 11 is 0. The molecular formula is C14H18N2. The minimum atomic E-state index is 0.904. The van der Waals surface area contributed by atoms with Gasteiger partial charge in [0.1, 0.15) is 0 Å². The summed E-state index contributed by atoms with van der Waals surface area (Å²) in [5, 5.41) is 0. The summed E-state index contributed by atoms with van der Waals surface area (Å²) in [6, 6.07) is 0. The Labute approximate surface area is 97.5 Å². The molecule has 1 aliphatic rings. The first-order valence-corrected chi connectivity index (χ1v) is 5.47. The zero-order chi connectivity index (χ0) is 11.8. The highest BCUT2D eigenvalue weighted by Gasteiger charge is 2.02. The van der Waals surface area contributed by atoms with Crippen LogP contribution >= 0.6 is 0 Å². The van der Waals surface area contributed by atoms with Crippen LogP contribution in [0.15, 0.2) is 58.3 Å². The Morgan fingerprint density at radius 1 is 1.38 bits per heavy atom. The van der Waals surface area contributed by atoms with Crippen molar-refractivity contribution < 1.29 is 0 Å². The summed E-state index contributed by atoms with van der Waals surface area (Å²) < 4.78 is 0. The summed E-state index contributed by atoms with van der Waals surface area (Å²) in [5.74, 6) is 0. The number of nitrogens with zero attached hydrogens (tertiary/aromatic N) is 2. The van der Waals surface area contributed by atoms with E-state index in [2.05, 4.69) is 29.9 Å². The predicted octanol–water partition coefficient (Wildman–Crippen LogP) is 3.84. The van der Waals surface area contributed by atoms with Gasteiger partial charge < -0.3 is 0 Å². The Morgan fingerprint density at radius 2 is 2.19 bits per heavy atom. The van der Waals surface area contributed by atoms with Gasteiger partial charge in [0, 0.05) is 12.4 Å². The summed E-state index contributed by atoms with van der Waals surface area (Å²) in [4.78, 5) is 8.76. The molecule has 1 rings (SSSR count). The highest BCUT2D eigenvalue weighted by atomic mass is 14.8. The van der Waals surface area contributed by atoms with E-state index in [1.165, 1.54) is 5.57 Å². The Balaban J connectivity index is 3.05. The van der Waals surface area contributed by atoms with Crippen molar-refractivity contribution >= 4 is 11.4 Å². The first kappa shape index (κ1) is 12.4. The Morgan fingerprint density at radius 3 is 2.88 bits per heavy atom. The molecule has 0 radical (unpaired) electrons. The van der Waals surface area contributed by atoms with E-state index in [-0.39, 0.29) is 0 Å². The van der Waals surface area contributed by atoms with Gasteiger partial charge in [-0.3, -0.25) is 9.98 Å². The average molecular weight is 214 g/mol. The smallest absolute Gasteiger partial charge is 0.0885 e. The molecule has 2 heteroatoms. The molecule has 0 aromatic carbocycles. The molecule has 16 heavy (non-hydrogen) atoms. The summed E-state index contributed by atoms with van der Waals surface area (Å²) in [5.41, 5.74) is 3.03. The molecule has 0 unspecified atom stereocenters. The lowest BCUT2D eigenvalue weighted by atomic mass is 10.1. The van der Waals surface area contributed by atoms with Gasteiger partial charge in [-0.25, -0.2) is 0 Å².